The summed E-state index contributed by atoms with van der Waals surface area (Å²) in [6.45, 7) is 3.93. The van der Waals surface area contributed by atoms with E-state index in [4.69, 9.17) is 0 Å². The Bertz CT molecular complexity index is 118. The van der Waals surface area contributed by atoms with Gasteiger partial charge >= 0.3 is 0 Å². The molecule has 1 saturated carbocycles. The lowest BCUT2D eigenvalue weighted by Gasteiger charge is -1.91. The number of carbonyl (C=O) groups is 1. The molecule has 0 aromatic rings. The first-order chi connectivity index (χ1) is 4.20. The van der Waals surface area contributed by atoms with Gasteiger partial charge in [-0.3, -0.25) is 0 Å². The van der Waals surface area contributed by atoms with Crippen molar-refractivity contribution in [3.63, 3.8) is 0 Å². The van der Waals surface area contributed by atoms with Gasteiger partial charge in [-0.15, -0.1) is 0 Å². The van der Waals surface area contributed by atoms with Crippen LogP contribution in [-0.4, -0.2) is 5.78 Å². The first-order valence-electron chi connectivity index (χ1n) is 3.69. The molecule has 1 fully saturated rings. The van der Waals surface area contributed by atoms with E-state index >= 15 is 0 Å². The molecule has 52 valence electrons. The van der Waals surface area contributed by atoms with Crippen molar-refractivity contribution in [2.24, 2.45) is 11.8 Å². The van der Waals surface area contributed by atoms with E-state index in [0.29, 0.717) is 5.78 Å². The molecule has 0 heterocycles. The summed E-state index contributed by atoms with van der Waals surface area (Å²) >= 11 is 0. The smallest absolute Gasteiger partial charge is 0.129 e. The standard InChI is InChI=1S/C8H14O/c1-6-5-8(6)4-3-7(2)9/h6,8H,3-5H2,1-2H3. The van der Waals surface area contributed by atoms with Crippen LogP contribution in [0.4, 0.5) is 0 Å². The molecule has 0 aromatic heterocycles. The number of carbonyl (C=O) groups excluding carboxylic acids is 1. The molecule has 0 radical (unpaired) electrons. The van der Waals surface area contributed by atoms with Crippen molar-refractivity contribution in [3.8, 4) is 0 Å². The fourth-order valence-electron chi connectivity index (χ4n) is 1.19. The number of ketones is 1. The van der Waals surface area contributed by atoms with Crippen molar-refractivity contribution in [1.82, 2.24) is 0 Å². The van der Waals surface area contributed by atoms with Crippen LogP contribution in [0.15, 0.2) is 0 Å². The molecular weight excluding hydrogens is 112 g/mol. The van der Waals surface area contributed by atoms with Gasteiger partial charge in [0.15, 0.2) is 0 Å². The second-order valence-electron chi connectivity index (χ2n) is 3.21. The Morgan fingerprint density at radius 2 is 2.22 bits per heavy atom. The zero-order valence-electron chi connectivity index (χ0n) is 6.18. The average molecular weight is 126 g/mol. The molecular formula is C8H14O. The lowest BCUT2D eigenvalue weighted by atomic mass is 10.1. The summed E-state index contributed by atoms with van der Waals surface area (Å²) in [4.78, 5) is 10.5. The lowest BCUT2D eigenvalue weighted by molar-refractivity contribution is -0.117. The third kappa shape index (κ3) is 2.17. The molecule has 0 N–H and O–H groups in total. The molecule has 1 nitrogen and oxygen atoms in total. The van der Waals surface area contributed by atoms with E-state index in [1.807, 2.05) is 0 Å². The molecule has 1 rings (SSSR count). The fraction of sp³-hybridized carbons (Fsp3) is 0.875. The minimum absolute atomic E-state index is 0.342. The predicted octanol–water partition coefficient (Wildman–Crippen LogP) is 2.01. The Labute approximate surface area is 56.4 Å². The second-order valence-corrected chi connectivity index (χ2v) is 3.21. The fourth-order valence-corrected chi connectivity index (χ4v) is 1.19. The van der Waals surface area contributed by atoms with Crippen molar-refractivity contribution < 1.29 is 4.79 Å². The van der Waals surface area contributed by atoms with Crippen LogP contribution >= 0.6 is 0 Å². The highest BCUT2D eigenvalue weighted by atomic mass is 16.1. The number of Topliss-reactive ketones (excluding diaryl/α,β-unsaturated/α-hetero) is 1. The van der Waals surface area contributed by atoms with Gasteiger partial charge in [-0.2, -0.15) is 0 Å². The number of rotatable bonds is 3. The Balaban J connectivity index is 2.00. The normalized spacial score (nSPS) is 32.2. The molecule has 1 heteroatoms. The maximum absolute atomic E-state index is 10.5. The molecule has 1 aliphatic carbocycles. The largest absolute Gasteiger partial charge is 0.300 e. The quantitative estimate of drug-likeness (QED) is 0.565. The monoisotopic (exact) mass is 126 g/mol. The van der Waals surface area contributed by atoms with Gasteiger partial charge in [-0.1, -0.05) is 6.92 Å². The first-order valence-corrected chi connectivity index (χ1v) is 3.69. The minimum Gasteiger partial charge on any atom is -0.300 e. The number of hydrogen-bond acceptors (Lipinski definition) is 1. The average Bonchev–Trinajstić information content (AvgIpc) is 2.42. The second kappa shape index (κ2) is 2.51. The van der Waals surface area contributed by atoms with Crippen LogP contribution in [0.25, 0.3) is 0 Å². The Hall–Kier alpha value is -0.330. The highest BCUT2D eigenvalue weighted by Crippen LogP contribution is 2.41. The maximum atomic E-state index is 10.5. The first kappa shape index (κ1) is 6.79. The maximum Gasteiger partial charge on any atom is 0.129 e. The van der Waals surface area contributed by atoms with Gasteiger partial charge in [0, 0.05) is 6.42 Å². The molecule has 0 spiro atoms. The van der Waals surface area contributed by atoms with Crippen LogP contribution in [0, 0.1) is 11.8 Å². The van der Waals surface area contributed by atoms with Gasteiger partial charge in [0.2, 0.25) is 0 Å². The minimum atomic E-state index is 0.342. The zero-order valence-corrected chi connectivity index (χ0v) is 6.18. The van der Waals surface area contributed by atoms with Crippen molar-refractivity contribution in [1.29, 1.82) is 0 Å². The summed E-state index contributed by atoms with van der Waals surface area (Å²) in [5.41, 5.74) is 0. The van der Waals surface area contributed by atoms with Crippen LogP contribution < -0.4 is 0 Å². The summed E-state index contributed by atoms with van der Waals surface area (Å²) in [6, 6.07) is 0. The molecule has 0 aliphatic heterocycles. The third-order valence-corrected chi connectivity index (χ3v) is 2.14. The molecule has 2 unspecified atom stereocenters. The highest BCUT2D eigenvalue weighted by Gasteiger charge is 2.31. The van der Waals surface area contributed by atoms with Crippen LogP contribution in [0.5, 0.6) is 0 Å². The van der Waals surface area contributed by atoms with E-state index in [-0.39, 0.29) is 0 Å². The number of hydrogen-bond donors (Lipinski definition) is 0. The van der Waals surface area contributed by atoms with E-state index in [2.05, 4.69) is 6.92 Å². The van der Waals surface area contributed by atoms with Crippen LogP contribution in [0.2, 0.25) is 0 Å². The van der Waals surface area contributed by atoms with Gasteiger partial charge in [-0.05, 0) is 31.6 Å². The summed E-state index contributed by atoms with van der Waals surface area (Å²) in [5, 5.41) is 0. The van der Waals surface area contributed by atoms with E-state index in [1.165, 1.54) is 6.42 Å². The highest BCUT2D eigenvalue weighted by molar-refractivity contribution is 5.75. The Morgan fingerprint density at radius 3 is 2.56 bits per heavy atom. The topological polar surface area (TPSA) is 17.1 Å². The van der Waals surface area contributed by atoms with Gasteiger partial charge in [-0.25, -0.2) is 0 Å². The summed E-state index contributed by atoms with van der Waals surface area (Å²) < 4.78 is 0. The van der Waals surface area contributed by atoms with Gasteiger partial charge in [0.05, 0.1) is 0 Å². The lowest BCUT2D eigenvalue weighted by Crippen LogP contribution is -1.90. The third-order valence-electron chi connectivity index (χ3n) is 2.14. The SMILES string of the molecule is CC(=O)CCC1CC1C. The molecule has 9 heavy (non-hydrogen) atoms. The van der Waals surface area contributed by atoms with Crippen LogP contribution in [-0.2, 0) is 4.79 Å². The van der Waals surface area contributed by atoms with Gasteiger partial charge < -0.3 is 4.79 Å². The van der Waals surface area contributed by atoms with E-state index in [9.17, 15) is 4.79 Å². The molecule has 0 bridgehead atoms. The van der Waals surface area contributed by atoms with Gasteiger partial charge in [0.1, 0.15) is 5.78 Å². The van der Waals surface area contributed by atoms with Crippen molar-refractivity contribution in [2.75, 3.05) is 0 Å². The zero-order chi connectivity index (χ0) is 6.85. The molecule has 1 aliphatic rings. The molecule has 2 atom stereocenters. The van der Waals surface area contributed by atoms with E-state index < -0.39 is 0 Å². The van der Waals surface area contributed by atoms with Crippen molar-refractivity contribution in [2.45, 2.75) is 33.1 Å². The molecule has 0 amide bonds. The van der Waals surface area contributed by atoms with Crippen molar-refractivity contribution in [3.05, 3.63) is 0 Å². The van der Waals surface area contributed by atoms with Crippen LogP contribution in [0.1, 0.15) is 33.1 Å². The molecule has 0 aromatic carbocycles. The van der Waals surface area contributed by atoms with Crippen LogP contribution in [0.3, 0.4) is 0 Å². The Morgan fingerprint density at radius 1 is 1.67 bits per heavy atom. The Kier molecular flexibility index (Phi) is 1.89. The van der Waals surface area contributed by atoms with E-state index in [0.717, 1.165) is 24.7 Å². The summed E-state index contributed by atoms with van der Waals surface area (Å²) in [6.07, 6.45) is 3.29. The molecule has 0 saturated heterocycles. The van der Waals surface area contributed by atoms with Gasteiger partial charge in [0.25, 0.3) is 0 Å². The summed E-state index contributed by atoms with van der Waals surface area (Å²) in [5.74, 6) is 2.13. The summed E-state index contributed by atoms with van der Waals surface area (Å²) in [7, 11) is 0. The van der Waals surface area contributed by atoms with Crippen molar-refractivity contribution >= 4 is 5.78 Å². The van der Waals surface area contributed by atoms with E-state index in [1.54, 1.807) is 6.92 Å². The predicted molar refractivity (Wildman–Crippen MR) is 37.2 cm³/mol.